The van der Waals surface area contributed by atoms with Crippen molar-refractivity contribution in [3.63, 3.8) is 0 Å². The van der Waals surface area contributed by atoms with E-state index >= 15 is 0 Å². The van der Waals surface area contributed by atoms with Crippen LogP contribution >= 0.6 is 0 Å². The van der Waals surface area contributed by atoms with Crippen LogP contribution in [0.5, 0.6) is 0 Å². The van der Waals surface area contributed by atoms with Crippen molar-refractivity contribution in [3.05, 3.63) is 11.6 Å². The summed E-state index contributed by atoms with van der Waals surface area (Å²) in [6.45, 7) is 7.73. The van der Waals surface area contributed by atoms with E-state index in [2.05, 4.69) is 0 Å². The molecule has 4 aliphatic rings. The van der Waals surface area contributed by atoms with Gasteiger partial charge < -0.3 is 24.8 Å². The Kier molecular flexibility index (Phi) is 4.18. The van der Waals surface area contributed by atoms with Gasteiger partial charge in [-0.3, -0.25) is 4.79 Å². The van der Waals surface area contributed by atoms with Crippen LogP contribution in [0.4, 0.5) is 0 Å². The van der Waals surface area contributed by atoms with Crippen LogP contribution in [-0.4, -0.2) is 63.3 Å². The smallest absolute Gasteiger partial charge is 0.159 e. The number of hydrogen-bond acceptors (Lipinski definition) is 6. The molecule has 3 saturated heterocycles. The zero-order valence-corrected chi connectivity index (χ0v) is 15.9. The van der Waals surface area contributed by atoms with Crippen molar-refractivity contribution in [2.75, 3.05) is 6.61 Å². The number of allylic oxidation sites excluding steroid dienone is 1. The average Bonchev–Trinajstić information content (AvgIpc) is 2.86. The van der Waals surface area contributed by atoms with Crippen LogP contribution < -0.4 is 0 Å². The molecule has 0 spiro atoms. The van der Waals surface area contributed by atoms with Gasteiger partial charge >= 0.3 is 0 Å². The number of rotatable bonds is 0. The lowest BCUT2D eigenvalue weighted by molar-refractivity contribution is -0.187. The van der Waals surface area contributed by atoms with Crippen molar-refractivity contribution in [2.24, 2.45) is 23.7 Å². The molecule has 0 aromatic rings. The number of aliphatic hydroxyl groups excluding tert-OH is 2. The summed E-state index contributed by atoms with van der Waals surface area (Å²) < 4.78 is 12.6. The summed E-state index contributed by atoms with van der Waals surface area (Å²) in [5.74, 6) is -0.182. The molecule has 1 aliphatic carbocycles. The number of ketones is 1. The van der Waals surface area contributed by atoms with E-state index in [4.69, 9.17) is 9.47 Å². The summed E-state index contributed by atoms with van der Waals surface area (Å²) in [6.07, 6.45) is -0.859. The van der Waals surface area contributed by atoms with Gasteiger partial charge in [-0.2, -0.15) is 0 Å². The first kappa shape index (κ1) is 18.6. The van der Waals surface area contributed by atoms with Crippen LogP contribution in [0.3, 0.4) is 0 Å². The van der Waals surface area contributed by atoms with Gasteiger partial charge in [-0.25, -0.2) is 0 Å². The third-order valence-corrected chi connectivity index (χ3v) is 7.40. The maximum atomic E-state index is 12.8. The lowest BCUT2D eigenvalue weighted by Gasteiger charge is -2.43. The highest BCUT2D eigenvalue weighted by Crippen LogP contribution is 2.55. The molecule has 0 aromatic heterocycles. The van der Waals surface area contributed by atoms with E-state index in [0.29, 0.717) is 6.61 Å². The molecule has 0 amide bonds. The van der Waals surface area contributed by atoms with E-state index in [-0.39, 0.29) is 48.4 Å². The Balaban J connectivity index is 1.88. The Bertz CT molecular complexity index is 642. The molecule has 6 nitrogen and oxygen atoms in total. The quantitative estimate of drug-likeness (QED) is 0.588. The Hall–Kier alpha value is -0.790. The van der Waals surface area contributed by atoms with Gasteiger partial charge in [-0.15, -0.1) is 0 Å². The number of carbonyl (C=O) groups is 1. The fraction of sp³-hybridized carbons (Fsp3) is 0.850. The number of carbonyl (C=O) groups excluding carboxylic acids is 1. The monoisotopic (exact) mass is 366 g/mol. The van der Waals surface area contributed by atoms with Gasteiger partial charge in [0.2, 0.25) is 0 Å². The molecule has 146 valence electrons. The Morgan fingerprint density at radius 2 is 1.88 bits per heavy atom. The van der Waals surface area contributed by atoms with Crippen LogP contribution in [-0.2, 0) is 14.3 Å². The number of fused-ring (bicyclic) bond motifs is 2. The SMILES string of the molecule is CC1=CC(=O)[C@H]2[C@H]3[C@@H]1[C@@H]1C[C@@](C)(O)[C@H](O)C[C@@H](O)[C@](C)(OC[C@@H]2C)[C@H]3O1. The molecule has 4 rings (SSSR count). The van der Waals surface area contributed by atoms with Crippen LogP contribution in [0.1, 0.15) is 40.5 Å². The van der Waals surface area contributed by atoms with Crippen LogP contribution in [0, 0.1) is 23.7 Å². The second-order valence-electron chi connectivity index (χ2n) is 9.32. The molecule has 3 heterocycles. The van der Waals surface area contributed by atoms with Crippen molar-refractivity contribution in [1.82, 2.24) is 0 Å². The van der Waals surface area contributed by atoms with Crippen molar-refractivity contribution in [3.8, 4) is 0 Å². The fourth-order valence-corrected chi connectivity index (χ4v) is 5.79. The van der Waals surface area contributed by atoms with Gasteiger partial charge in [0, 0.05) is 30.6 Å². The van der Waals surface area contributed by atoms with Gasteiger partial charge in [-0.1, -0.05) is 12.5 Å². The third kappa shape index (κ3) is 2.46. The normalized spacial score (nSPS) is 56.9. The molecular weight excluding hydrogens is 336 g/mol. The fourth-order valence-electron chi connectivity index (χ4n) is 5.79. The largest absolute Gasteiger partial charge is 0.390 e. The molecule has 3 N–H and O–H groups in total. The Morgan fingerprint density at radius 1 is 1.19 bits per heavy atom. The van der Waals surface area contributed by atoms with Crippen LogP contribution in [0.25, 0.3) is 0 Å². The highest BCUT2D eigenvalue weighted by atomic mass is 16.6. The predicted molar refractivity (Wildman–Crippen MR) is 93.3 cm³/mol. The Morgan fingerprint density at radius 3 is 2.58 bits per heavy atom. The summed E-state index contributed by atoms with van der Waals surface area (Å²) in [7, 11) is 0. The van der Waals surface area contributed by atoms with E-state index in [9.17, 15) is 20.1 Å². The Labute approximate surface area is 154 Å². The van der Waals surface area contributed by atoms with E-state index in [0.717, 1.165) is 5.57 Å². The summed E-state index contributed by atoms with van der Waals surface area (Å²) in [6, 6.07) is 0. The molecule has 0 unspecified atom stereocenters. The van der Waals surface area contributed by atoms with Gasteiger partial charge in [-0.05, 0) is 32.8 Å². The lowest BCUT2D eigenvalue weighted by atomic mass is 9.62. The minimum atomic E-state index is -1.38. The second-order valence-corrected chi connectivity index (χ2v) is 9.32. The number of ether oxygens (including phenoxy) is 2. The van der Waals surface area contributed by atoms with Gasteiger partial charge in [0.05, 0.1) is 36.6 Å². The van der Waals surface area contributed by atoms with Crippen molar-refractivity contribution < 1.29 is 29.6 Å². The summed E-state index contributed by atoms with van der Waals surface area (Å²) in [5.41, 5.74) is -1.45. The zero-order valence-electron chi connectivity index (χ0n) is 15.9. The molecule has 3 aliphatic heterocycles. The zero-order chi connectivity index (χ0) is 19.0. The van der Waals surface area contributed by atoms with E-state index < -0.39 is 29.5 Å². The summed E-state index contributed by atoms with van der Waals surface area (Å²) >= 11 is 0. The van der Waals surface area contributed by atoms with E-state index in [1.54, 1.807) is 13.0 Å². The first-order chi connectivity index (χ1) is 12.1. The molecule has 0 saturated carbocycles. The first-order valence-corrected chi connectivity index (χ1v) is 9.66. The standard InChI is InChI=1S/C20H30O6/c1-9-5-11(21)15-10(2)8-25-20(4)14(23)6-13(22)19(3,24)7-12-16(9)17(15)18(20)26-12/h5,10,12-18,22-24H,6-8H2,1-4H3/t10-,12-,13+,14+,15-,16-,17-,18-,19+,20-/m0/s1. The van der Waals surface area contributed by atoms with Gasteiger partial charge in [0.1, 0.15) is 5.60 Å². The maximum Gasteiger partial charge on any atom is 0.159 e. The van der Waals surface area contributed by atoms with Gasteiger partial charge in [0.15, 0.2) is 5.78 Å². The third-order valence-electron chi connectivity index (χ3n) is 7.40. The van der Waals surface area contributed by atoms with Gasteiger partial charge in [0.25, 0.3) is 0 Å². The molecule has 6 heteroatoms. The first-order valence-electron chi connectivity index (χ1n) is 9.66. The molecular formula is C20H30O6. The second kappa shape index (κ2) is 5.85. The minimum Gasteiger partial charge on any atom is -0.390 e. The van der Waals surface area contributed by atoms with E-state index in [1.165, 1.54) is 0 Å². The maximum absolute atomic E-state index is 12.8. The highest BCUT2D eigenvalue weighted by molar-refractivity contribution is 5.94. The predicted octanol–water partition coefficient (Wildman–Crippen LogP) is 0.823. The van der Waals surface area contributed by atoms with E-state index in [1.807, 2.05) is 20.8 Å². The summed E-state index contributed by atoms with van der Waals surface area (Å²) in [4.78, 5) is 12.8. The highest BCUT2D eigenvalue weighted by Gasteiger charge is 2.64. The molecule has 2 bridgehead atoms. The minimum absolute atomic E-state index is 0.00921. The van der Waals surface area contributed by atoms with Crippen molar-refractivity contribution in [2.45, 2.75) is 76.2 Å². The van der Waals surface area contributed by atoms with Crippen LogP contribution in [0.2, 0.25) is 0 Å². The molecule has 0 radical (unpaired) electrons. The molecule has 26 heavy (non-hydrogen) atoms. The number of hydrogen-bond donors (Lipinski definition) is 3. The van der Waals surface area contributed by atoms with Crippen molar-refractivity contribution >= 4 is 5.78 Å². The lowest BCUT2D eigenvalue weighted by Crippen LogP contribution is -2.56. The molecule has 10 atom stereocenters. The topological polar surface area (TPSA) is 96.2 Å². The molecule has 3 fully saturated rings. The van der Waals surface area contributed by atoms with Crippen LogP contribution in [0.15, 0.2) is 11.6 Å². The summed E-state index contributed by atoms with van der Waals surface area (Å²) in [5, 5.41) is 32.4. The molecule has 0 aromatic carbocycles. The van der Waals surface area contributed by atoms with Crippen molar-refractivity contribution in [1.29, 1.82) is 0 Å². The average molecular weight is 366 g/mol. The number of aliphatic hydroxyl groups is 3.